The van der Waals surface area contributed by atoms with Crippen LogP contribution in [-0.4, -0.2) is 19.6 Å². The minimum absolute atomic E-state index is 0.239. The number of hydrogen-bond acceptors (Lipinski definition) is 4. The Morgan fingerprint density at radius 2 is 1.64 bits per heavy atom. The van der Waals surface area contributed by atoms with Gasteiger partial charge in [0.05, 0.1) is 22.8 Å². The van der Waals surface area contributed by atoms with Crippen LogP contribution in [0.25, 0.3) is 39.6 Å². The molecule has 1 unspecified atom stereocenters. The van der Waals surface area contributed by atoms with Crippen molar-refractivity contribution in [3.05, 3.63) is 103 Å². The van der Waals surface area contributed by atoms with Crippen molar-refractivity contribution >= 4 is 34.5 Å². The van der Waals surface area contributed by atoms with Gasteiger partial charge in [0, 0.05) is 34.5 Å². The van der Waals surface area contributed by atoms with Gasteiger partial charge >= 0.3 is 0 Å². The first-order valence-corrected chi connectivity index (χ1v) is 14.8. The lowest BCUT2D eigenvalue weighted by atomic mass is 9.59. The molecule has 5 aromatic rings. The maximum atomic E-state index is 5.72. The maximum absolute atomic E-state index is 5.72. The second-order valence-corrected chi connectivity index (χ2v) is 12.6. The van der Waals surface area contributed by atoms with Crippen molar-refractivity contribution in [2.75, 3.05) is 10.6 Å². The lowest BCUT2D eigenvalue weighted by molar-refractivity contribution is 0.180. The average molecular weight is 570 g/mol. The standard InChI is InChI=1S/C35H33N6S/c1-35(2,3)27-19-18-25(27)21-10-12-23(13-11-21)31-30(22-14-16-24(17-15-22)38-34(36)42)40-33-26-7-4-5-8-28(26)39-32-29(41(31)33)9-6-20-37-32/h4-17,20,27H,18-19H2,1-3H3,(H,37,39)(H3,36,38,42). The highest BCUT2D eigenvalue weighted by Gasteiger charge is 2.40. The van der Waals surface area contributed by atoms with Crippen LogP contribution in [0.2, 0.25) is 0 Å². The molecule has 1 atom stereocenters. The van der Waals surface area contributed by atoms with Gasteiger partial charge in [-0.15, -0.1) is 0 Å². The third kappa shape index (κ3) is 4.54. The van der Waals surface area contributed by atoms with Crippen LogP contribution < -0.4 is 16.4 Å². The van der Waals surface area contributed by atoms with Gasteiger partial charge in [0.1, 0.15) is 5.82 Å². The molecule has 1 fully saturated rings. The van der Waals surface area contributed by atoms with Gasteiger partial charge in [-0.25, -0.2) is 9.97 Å². The Hall–Kier alpha value is -4.49. The van der Waals surface area contributed by atoms with Gasteiger partial charge in [0.2, 0.25) is 0 Å². The number of aromatic nitrogens is 3. The summed E-state index contributed by atoms with van der Waals surface area (Å²) >= 11 is 5.04. The quantitative estimate of drug-likeness (QED) is 0.185. The first-order chi connectivity index (χ1) is 20.3. The van der Waals surface area contributed by atoms with Gasteiger partial charge in [-0.3, -0.25) is 4.57 Å². The summed E-state index contributed by atoms with van der Waals surface area (Å²) in [4.78, 5) is 10.1. The predicted octanol–water partition coefficient (Wildman–Crippen LogP) is 8.36. The Morgan fingerprint density at radius 1 is 0.929 bits per heavy atom. The van der Waals surface area contributed by atoms with Gasteiger partial charge in [-0.1, -0.05) is 69.3 Å². The highest BCUT2D eigenvalue weighted by molar-refractivity contribution is 7.80. The van der Waals surface area contributed by atoms with Crippen molar-refractivity contribution in [3.63, 3.8) is 0 Å². The van der Waals surface area contributed by atoms with Crippen LogP contribution >= 0.6 is 12.2 Å². The molecule has 4 N–H and O–H groups in total. The fraction of sp³-hybridized carbons (Fsp3) is 0.200. The highest BCUT2D eigenvalue weighted by atomic mass is 32.1. The molecule has 0 amide bonds. The third-order valence-electron chi connectivity index (χ3n) is 8.45. The summed E-state index contributed by atoms with van der Waals surface area (Å²) in [6, 6.07) is 29.5. The minimum atomic E-state index is 0.239. The van der Waals surface area contributed by atoms with Gasteiger partial charge < -0.3 is 16.4 Å². The first-order valence-electron chi connectivity index (χ1n) is 14.4. The van der Waals surface area contributed by atoms with E-state index < -0.39 is 0 Å². The van der Waals surface area contributed by atoms with Crippen molar-refractivity contribution in [3.8, 4) is 39.6 Å². The summed E-state index contributed by atoms with van der Waals surface area (Å²) in [5.74, 6) is 3.85. The molecular weight excluding hydrogens is 536 g/mol. The summed E-state index contributed by atoms with van der Waals surface area (Å²) < 4.78 is 2.25. The number of rotatable bonds is 4. The number of anilines is 3. The number of thiocarbonyl (C=S) groups is 1. The van der Waals surface area contributed by atoms with E-state index >= 15 is 0 Å². The van der Waals surface area contributed by atoms with Gasteiger partial charge in [0.25, 0.3) is 0 Å². The molecule has 1 radical (unpaired) electrons. The number of fused-ring (bicyclic) bond motifs is 5. The second kappa shape index (κ2) is 10.1. The first kappa shape index (κ1) is 26.4. The molecule has 1 aliphatic heterocycles. The molecule has 209 valence electrons. The van der Waals surface area contributed by atoms with Crippen LogP contribution in [0.4, 0.5) is 17.2 Å². The molecule has 0 spiro atoms. The number of pyridine rings is 1. The Bertz CT molecular complexity index is 1800. The molecule has 7 heteroatoms. The smallest absolute Gasteiger partial charge is 0.168 e. The lowest BCUT2D eigenvalue weighted by Gasteiger charge is -2.45. The van der Waals surface area contributed by atoms with Crippen molar-refractivity contribution in [1.29, 1.82) is 0 Å². The number of imidazole rings is 1. The largest absolute Gasteiger partial charge is 0.376 e. The number of para-hydroxylation sites is 1. The van der Waals surface area contributed by atoms with Gasteiger partial charge in [-0.2, -0.15) is 0 Å². The zero-order valence-electron chi connectivity index (χ0n) is 24.0. The Labute approximate surface area is 252 Å². The van der Waals surface area contributed by atoms with Crippen LogP contribution in [-0.2, 0) is 0 Å². The molecular formula is C35H33N6S. The zero-order valence-corrected chi connectivity index (χ0v) is 24.8. The van der Waals surface area contributed by atoms with Crippen LogP contribution in [0, 0.1) is 17.3 Å². The van der Waals surface area contributed by atoms with E-state index in [0.717, 1.165) is 56.8 Å². The summed E-state index contributed by atoms with van der Waals surface area (Å²) in [5, 5.41) is 6.81. The van der Waals surface area contributed by atoms with E-state index in [0.29, 0.717) is 5.92 Å². The molecule has 0 bridgehead atoms. The van der Waals surface area contributed by atoms with E-state index in [1.54, 1.807) is 5.92 Å². The van der Waals surface area contributed by atoms with Gasteiger partial charge in [-0.05, 0) is 78.4 Å². The molecule has 1 aliphatic carbocycles. The van der Waals surface area contributed by atoms with E-state index in [1.165, 1.54) is 18.4 Å². The molecule has 3 aromatic carbocycles. The van der Waals surface area contributed by atoms with E-state index in [-0.39, 0.29) is 10.5 Å². The third-order valence-corrected chi connectivity index (χ3v) is 8.55. The number of benzene rings is 3. The Balaban J connectivity index is 1.43. The van der Waals surface area contributed by atoms with Crippen LogP contribution in [0.3, 0.4) is 0 Å². The summed E-state index contributed by atoms with van der Waals surface area (Å²) in [5.41, 5.74) is 15.1. The molecule has 7 rings (SSSR count). The topological polar surface area (TPSA) is 80.8 Å². The molecule has 0 saturated heterocycles. The molecule has 42 heavy (non-hydrogen) atoms. The lowest BCUT2D eigenvalue weighted by Crippen LogP contribution is -2.35. The molecule has 3 heterocycles. The fourth-order valence-corrected chi connectivity index (χ4v) is 6.44. The van der Waals surface area contributed by atoms with E-state index in [2.05, 4.69) is 96.6 Å². The fourth-order valence-electron chi connectivity index (χ4n) is 6.32. The Morgan fingerprint density at radius 3 is 2.33 bits per heavy atom. The van der Waals surface area contributed by atoms with E-state index in [9.17, 15) is 0 Å². The van der Waals surface area contributed by atoms with Crippen molar-refractivity contribution in [1.82, 2.24) is 14.5 Å². The van der Waals surface area contributed by atoms with Crippen molar-refractivity contribution < 1.29 is 0 Å². The highest BCUT2D eigenvalue weighted by Crippen LogP contribution is 2.51. The van der Waals surface area contributed by atoms with Crippen LogP contribution in [0.1, 0.15) is 39.2 Å². The number of nitrogens with zero attached hydrogens (tertiary/aromatic N) is 3. The maximum Gasteiger partial charge on any atom is 0.168 e. The Kier molecular flexibility index (Phi) is 6.35. The van der Waals surface area contributed by atoms with Crippen molar-refractivity contribution in [2.45, 2.75) is 33.6 Å². The molecule has 1 saturated carbocycles. The SMILES string of the molecule is CC(C)(C)C1CC[C]1c1ccc(-c2c(-c3ccc(NC(N)=S)cc3)nc3n2-c2cccnc2Nc2ccccc2-3)cc1. The van der Waals surface area contributed by atoms with E-state index in [4.69, 9.17) is 27.9 Å². The second-order valence-electron chi connectivity index (χ2n) is 12.1. The van der Waals surface area contributed by atoms with Gasteiger partial charge in [0.15, 0.2) is 10.9 Å². The average Bonchev–Trinajstić information content (AvgIpc) is 3.26. The minimum Gasteiger partial charge on any atom is -0.376 e. The van der Waals surface area contributed by atoms with E-state index in [1.807, 2.05) is 30.5 Å². The summed E-state index contributed by atoms with van der Waals surface area (Å²) in [6.45, 7) is 7.04. The van der Waals surface area contributed by atoms with Crippen LogP contribution in [0.15, 0.2) is 91.1 Å². The summed E-state index contributed by atoms with van der Waals surface area (Å²) in [6.07, 6.45) is 4.25. The molecule has 2 aromatic heterocycles. The summed E-state index contributed by atoms with van der Waals surface area (Å²) in [7, 11) is 0. The molecule has 6 nitrogen and oxygen atoms in total. The number of nitrogens with one attached hydrogen (secondary N) is 2. The monoisotopic (exact) mass is 569 g/mol. The number of hydrogen-bond donors (Lipinski definition) is 3. The predicted molar refractivity (Wildman–Crippen MR) is 176 cm³/mol. The normalized spacial score (nSPS) is 15.8. The van der Waals surface area contributed by atoms with Crippen LogP contribution in [0.5, 0.6) is 0 Å². The van der Waals surface area contributed by atoms with Crippen molar-refractivity contribution in [2.24, 2.45) is 17.1 Å². The zero-order chi connectivity index (χ0) is 29.0. The number of nitrogens with two attached hydrogens (primary N) is 1. The molecule has 2 aliphatic rings.